The average molecular weight is 258 g/mol. The van der Waals surface area contributed by atoms with E-state index >= 15 is 0 Å². The molecule has 0 unspecified atom stereocenters. The minimum Gasteiger partial charge on any atom is -0.490 e. The summed E-state index contributed by atoms with van der Waals surface area (Å²) in [5.41, 5.74) is 2.61. The quantitative estimate of drug-likeness (QED) is 0.885. The van der Waals surface area contributed by atoms with E-state index in [2.05, 4.69) is 48.5 Å². The van der Waals surface area contributed by atoms with Crippen molar-refractivity contribution in [2.24, 2.45) is 0 Å². The molecule has 2 heterocycles. The summed E-state index contributed by atoms with van der Waals surface area (Å²) in [6, 6.07) is 6.27. The van der Waals surface area contributed by atoms with Crippen LogP contribution in [0.3, 0.4) is 0 Å². The van der Waals surface area contributed by atoms with Gasteiger partial charge in [-0.15, -0.1) is 0 Å². The van der Waals surface area contributed by atoms with Crippen molar-refractivity contribution in [2.75, 3.05) is 13.1 Å². The molecule has 0 bridgehead atoms. The molecule has 3 heteroatoms. The summed E-state index contributed by atoms with van der Waals surface area (Å²) >= 11 is 0. The van der Waals surface area contributed by atoms with Crippen LogP contribution in [0, 0.1) is 0 Å². The second kappa shape index (κ2) is 5.25. The van der Waals surface area contributed by atoms with Crippen LogP contribution in [0.25, 0.3) is 10.9 Å². The molecule has 1 aliphatic rings. The fraction of sp³-hybridized carbons (Fsp3) is 0.500. The maximum absolute atomic E-state index is 5.98. The Morgan fingerprint density at radius 2 is 2.00 bits per heavy atom. The molecule has 3 nitrogen and oxygen atoms in total. The average Bonchev–Trinajstić information content (AvgIpc) is 2.84. The van der Waals surface area contributed by atoms with Gasteiger partial charge < -0.3 is 15.0 Å². The van der Waals surface area contributed by atoms with E-state index in [9.17, 15) is 0 Å². The number of rotatable bonds is 3. The van der Waals surface area contributed by atoms with Crippen molar-refractivity contribution < 1.29 is 4.74 Å². The SMILES string of the molecule is CC(C)Oc1cccc2[nH]cc(C3CCNCC3)c12. The first-order chi connectivity index (χ1) is 9.25. The first-order valence-electron chi connectivity index (χ1n) is 7.23. The smallest absolute Gasteiger partial charge is 0.129 e. The molecule has 0 radical (unpaired) electrons. The summed E-state index contributed by atoms with van der Waals surface area (Å²) in [6.45, 7) is 6.39. The van der Waals surface area contributed by atoms with E-state index < -0.39 is 0 Å². The number of aromatic nitrogens is 1. The highest BCUT2D eigenvalue weighted by molar-refractivity contribution is 5.89. The molecule has 2 N–H and O–H groups in total. The second-order valence-electron chi connectivity index (χ2n) is 5.61. The molecule has 1 saturated heterocycles. The number of benzene rings is 1. The molecule has 0 spiro atoms. The van der Waals surface area contributed by atoms with Gasteiger partial charge in [0.15, 0.2) is 0 Å². The molecule has 1 aliphatic heterocycles. The van der Waals surface area contributed by atoms with Gasteiger partial charge in [-0.1, -0.05) is 6.07 Å². The molecule has 1 aromatic carbocycles. The third-order valence-electron chi connectivity index (χ3n) is 3.84. The van der Waals surface area contributed by atoms with Crippen LogP contribution in [-0.2, 0) is 0 Å². The van der Waals surface area contributed by atoms with E-state index in [1.807, 2.05) is 0 Å². The number of nitrogens with one attached hydrogen (secondary N) is 2. The number of fused-ring (bicyclic) bond motifs is 1. The first kappa shape index (κ1) is 12.5. The summed E-state index contributed by atoms with van der Waals surface area (Å²) in [7, 11) is 0. The van der Waals surface area contributed by atoms with Crippen LogP contribution >= 0.6 is 0 Å². The molecule has 0 amide bonds. The van der Waals surface area contributed by atoms with Gasteiger partial charge in [-0.3, -0.25) is 0 Å². The molecule has 1 fully saturated rings. The molecule has 102 valence electrons. The van der Waals surface area contributed by atoms with E-state index in [-0.39, 0.29) is 6.10 Å². The Hall–Kier alpha value is -1.48. The fourth-order valence-electron chi connectivity index (χ4n) is 2.98. The van der Waals surface area contributed by atoms with E-state index in [0.717, 1.165) is 18.8 Å². The van der Waals surface area contributed by atoms with Crippen molar-refractivity contribution in [3.05, 3.63) is 30.0 Å². The zero-order valence-corrected chi connectivity index (χ0v) is 11.7. The lowest BCUT2D eigenvalue weighted by molar-refractivity contribution is 0.245. The molecule has 2 aromatic rings. The Bertz CT molecular complexity index is 553. The highest BCUT2D eigenvalue weighted by atomic mass is 16.5. The Labute approximate surface area is 114 Å². The Morgan fingerprint density at radius 3 is 2.74 bits per heavy atom. The number of aromatic amines is 1. The molecule has 1 aromatic heterocycles. The van der Waals surface area contributed by atoms with Gasteiger partial charge in [-0.05, 0) is 63.4 Å². The van der Waals surface area contributed by atoms with Crippen molar-refractivity contribution in [3.63, 3.8) is 0 Å². The third kappa shape index (κ3) is 2.47. The van der Waals surface area contributed by atoms with Crippen LogP contribution < -0.4 is 10.1 Å². The maximum Gasteiger partial charge on any atom is 0.129 e. The number of hydrogen-bond acceptors (Lipinski definition) is 2. The maximum atomic E-state index is 5.98. The van der Waals surface area contributed by atoms with E-state index in [1.54, 1.807) is 0 Å². The first-order valence-corrected chi connectivity index (χ1v) is 7.23. The monoisotopic (exact) mass is 258 g/mol. The molecule has 0 saturated carbocycles. The number of ether oxygens (including phenoxy) is 1. The Morgan fingerprint density at radius 1 is 1.21 bits per heavy atom. The van der Waals surface area contributed by atoms with Gasteiger partial charge in [-0.2, -0.15) is 0 Å². The zero-order chi connectivity index (χ0) is 13.2. The standard InChI is InChI=1S/C16H22N2O/c1-11(2)19-15-5-3-4-14-16(15)13(10-18-14)12-6-8-17-9-7-12/h3-5,10-12,17-18H,6-9H2,1-2H3. The number of hydrogen-bond donors (Lipinski definition) is 2. The molecule has 0 atom stereocenters. The summed E-state index contributed by atoms with van der Waals surface area (Å²) in [5, 5.41) is 4.71. The van der Waals surface area contributed by atoms with Gasteiger partial charge in [0.1, 0.15) is 5.75 Å². The van der Waals surface area contributed by atoms with Crippen molar-refractivity contribution in [1.82, 2.24) is 10.3 Å². The second-order valence-corrected chi connectivity index (χ2v) is 5.61. The van der Waals surface area contributed by atoms with Gasteiger partial charge in [0.05, 0.1) is 6.10 Å². The van der Waals surface area contributed by atoms with Crippen molar-refractivity contribution in [2.45, 2.75) is 38.7 Å². The van der Waals surface area contributed by atoms with Gasteiger partial charge in [0, 0.05) is 17.1 Å². The predicted molar refractivity (Wildman–Crippen MR) is 78.9 cm³/mol. The number of piperidine rings is 1. The molecular weight excluding hydrogens is 236 g/mol. The van der Waals surface area contributed by atoms with Crippen molar-refractivity contribution >= 4 is 10.9 Å². The van der Waals surface area contributed by atoms with E-state index in [4.69, 9.17) is 4.74 Å². The van der Waals surface area contributed by atoms with Gasteiger partial charge in [0.2, 0.25) is 0 Å². The predicted octanol–water partition coefficient (Wildman–Crippen LogP) is 3.42. The molecule has 19 heavy (non-hydrogen) atoms. The molecule has 3 rings (SSSR count). The van der Waals surface area contributed by atoms with Crippen molar-refractivity contribution in [1.29, 1.82) is 0 Å². The molecular formula is C16H22N2O. The Balaban J connectivity index is 2.03. The van der Waals surface area contributed by atoms with Crippen LogP contribution in [0.15, 0.2) is 24.4 Å². The topological polar surface area (TPSA) is 37.0 Å². The van der Waals surface area contributed by atoms with E-state index in [0.29, 0.717) is 5.92 Å². The van der Waals surface area contributed by atoms with Gasteiger partial charge >= 0.3 is 0 Å². The third-order valence-corrected chi connectivity index (χ3v) is 3.84. The molecule has 0 aliphatic carbocycles. The highest BCUT2D eigenvalue weighted by Gasteiger charge is 2.20. The highest BCUT2D eigenvalue weighted by Crippen LogP contribution is 2.36. The lowest BCUT2D eigenvalue weighted by Crippen LogP contribution is -2.26. The van der Waals surface area contributed by atoms with Crippen LogP contribution in [0.4, 0.5) is 0 Å². The summed E-state index contributed by atoms with van der Waals surface area (Å²) in [5.74, 6) is 1.66. The van der Waals surface area contributed by atoms with Gasteiger partial charge in [-0.25, -0.2) is 0 Å². The van der Waals surface area contributed by atoms with Crippen molar-refractivity contribution in [3.8, 4) is 5.75 Å². The van der Waals surface area contributed by atoms with Crippen LogP contribution in [0.1, 0.15) is 38.2 Å². The van der Waals surface area contributed by atoms with E-state index in [1.165, 1.54) is 29.3 Å². The van der Waals surface area contributed by atoms with Crippen LogP contribution in [0.5, 0.6) is 5.75 Å². The normalized spacial score (nSPS) is 17.2. The minimum atomic E-state index is 0.210. The van der Waals surface area contributed by atoms with Crippen LogP contribution in [-0.4, -0.2) is 24.2 Å². The van der Waals surface area contributed by atoms with Gasteiger partial charge in [0.25, 0.3) is 0 Å². The lowest BCUT2D eigenvalue weighted by atomic mass is 9.90. The summed E-state index contributed by atoms with van der Waals surface area (Å²) < 4.78 is 5.98. The lowest BCUT2D eigenvalue weighted by Gasteiger charge is -2.23. The summed E-state index contributed by atoms with van der Waals surface area (Å²) in [6.07, 6.45) is 4.81. The fourth-order valence-corrected chi connectivity index (χ4v) is 2.98. The Kier molecular flexibility index (Phi) is 3.47. The summed E-state index contributed by atoms with van der Waals surface area (Å²) in [4.78, 5) is 3.40. The van der Waals surface area contributed by atoms with Crippen LogP contribution in [0.2, 0.25) is 0 Å². The minimum absolute atomic E-state index is 0.210. The zero-order valence-electron chi connectivity index (χ0n) is 11.7. The largest absolute Gasteiger partial charge is 0.490 e. The number of H-pyrrole nitrogens is 1.